The van der Waals surface area contributed by atoms with Crippen molar-refractivity contribution in [2.45, 2.75) is 13.3 Å². The Labute approximate surface area is 146 Å². The van der Waals surface area contributed by atoms with Crippen LogP contribution in [-0.2, 0) is 14.4 Å². The summed E-state index contributed by atoms with van der Waals surface area (Å²) in [6.07, 6.45) is 0.841. The molecule has 0 fully saturated rings. The van der Waals surface area contributed by atoms with E-state index in [0.717, 1.165) is 17.7 Å². The molecular formula is C19H19N3O3. The monoisotopic (exact) mass is 337 g/mol. The molecule has 0 atom stereocenters. The summed E-state index contributed by atoms with van der Waals surface area (Å²) in [4.78, 5) is 31.2. The number of amides is 2. The smallest absolute Gasteiger partial charge is 0.281 e. The summed E-state index contributed by atoms with van der Waals surface area (Å²) >= 11 is 0. The SMILES string of the molecule is CCCN1C(=O)C(=NOCC(=O)Nc2ccccc2)c2ccccc21. The van der Waals surface area contributed by atoms with E-state index in [0.29, 0.717) is 12.2 Å². The highest BCUT2D eigenvalue weighted by Crippen LogP contribution is 2.29. The average molecular weight is 337 g/mol. The third-order valence-electron chi connectivity index (χ3n) is 3.75. The largest absolute Gasteiger partial charge is 0.385 e. The van der Waals surface area contributed by atoms with E-state index in [1.807, 2.05) is 49.4 Å². The van der Waals surface area contributed by atoms with Gasteiger partial charge in [0.1, 0.15) is 0 Å². The maximum Gasteiger partial charge on any atom is 0.281 e. The van der Waals surface area contributed by atoms with Gasteiger partial charge in [0.05, 0.1) is 5.69 Å². The Morgan fingerprint density at radius 1 is 1.12 bits per heavy atom. The van der Waals surface area contributed by atoms with Crippen molar-refractivity contribution in [3.63, 3.8) is 0 Å². The fourth-order valence-corrected chi connectivity index (χ4v) is 2.67. The minimum absolute atomic E-state index is 0.202. The van der Waals surface area contributed by atoms with Crippen LogP contribution in [0, 0.1) is 0 Å². The lowest BCUT2D eigenvalue weighted by molar-refractivity contribution is -0.120. The van der Waals surface area contributed by atoms with Gasteiger partial charge in [-0.05, 0) is 24.6 Å². The zero-order valence-corrected chi connectivity index (χ0v) is 13.9. The van der Waals surface area contributed by atoms with Crippen LogP contribution in [-0.4, -0.2) is 30.7 Å². The molecule has 2 aromatic rings. The lowest BCUT2D eigenvalue weighted by Crippen LogP contribution is -2.31. The second-order valence-electron chi connectivity index (χ2n) is 5.60. The standard InChI is InChI=1S/C19H19N3O3/c1-2-12-22-16-11-7-6-10-15(16)18(19(22)24)21-25-13-17(23)20-14-8-4-3-5-9-14/h3-11H,2,12-13H2,1H3,(H,20,23). The zero-order chi connectivity index (χ0) is 17.6. The molecule has 0 aromatic heterocycles. The number of rotatable bonds is 6. The summed E-state index contributed by atoms with van der Waals surface area (Å²) in [5, 5.41) is 6.62. The number of hydrogen-bond acceptors (Lipinski definition) is 4. The van der Waals surface area contributed by atoms with Gasteiger partial charge in [-0.3, -0.25) is 9.59 Å². The Morgan fingerprint density at radius 3 is 2.60 bits per heavy atom. The number of anilines is 2. The Kier molecular flexibility index (Phi) is 5.09. The van der Waals surface area contributed by atoms with Gasteiger partial charge in [-0.2, -0.15) is 0 Å². The van der Waals surface area contributed by atoms with Crippen LogP contribution in [0.25, 0.3) is 0 Å². The first kappa shape index (κ1) is 16.7. The van der Waals surface area contributed by atoms with Crippen LogP contribution in [0.3, 0.4) is 0 Å². The van der Waals surface area contributed by atoms with Gasteiger partial charge in [-0.25, -0.2) is 0 Å². The van der Waals surface area contributed by atoms with E-state index in [9.17, 15) is 9.59 Å². The highest BCUT2D eigenvalue weighted by molar-refractivity contribution is 6.54. The molecule has 2 aromatic carbocycles. The molecule has 3 rings (SSSR count). The predicted octanol–water partition coefficient (Wildman–Crippen LogP) is 2.80. The molecule has 1 aliphatic rings. The lowest BCUT2D eigenvalue weighted by Gasteiger charge is -2.14. The first-order chi connectivity index (χ1) is 12.2. The van der Waals surface area contributed by atoms with Crippen LogP contribution in [0.5, 0.6) is 0 Å². The minimum Gasteiger partial charge on any atom is -0.385 e. The summed E-state index contributed by atoms with van der Waals surface area (Å²) in [7, 11) is 0. The normalized spacial score (nSPS) is 14.5. The van der Waals surface area contributed by atoms with Crippen LogP contribution >= 0.6 is 0 Å². The Hall–Kier alpha value is -3.15. The van der Waals surface area contributed by atoms with Crippen molar-refractivity contribution in [1.82, 2.24) is 0 Å². The number of oxime groups is 1. The summed E-state index contributed by atoms with van der Waals surface area (Å²) in [5.74, 6) is -0.536. The molecule has 0 bridgehead atoms. The molecule has 0 saturated heterocycles. The Morgan fingerprint density at radius 2 is 1.84 bits per heavy atom. The molecule has 1 N–H and O–H groups in total. The number of benzene rings is 2. The molecular weight excluding hydrogens is 318 g/mol. The second-order valence-corrected chi connectivity index (χ2v) is 5.60. The average Bonchev–Trinajstić information content (AvgIpc) is 2.89. The van der Waals surface area contributed by atoms with Crippen LogP contribution < -0.4 is 10.2 Å². The molecule has 6 nitrogen and oxygen atoms in total. The Bertz CT molecular complexity index is 803. The molecule has 1 heterocycles. The van der Waals surface area contributed by atoms with E-state index in [2.05, 4.69) is 10.5 Å². The van der Waals surface area contributed by atoms with Crippen molar-refractivity contribution in [2.24, 2.45) is 5.16 Å². The van der Waals surface area contributed by atoms with Crippen LogP contribution in [0.15, 0.2) is 59.8 Å². The number of nitrogens with zero attached hydrogens (tertiary/aromatic N) is 2. The van der Waals surface area contributed by atoms with Crippen LogP contribution in [0.2, 0.25) is 0 Å². The van der Waals surface area contributed by atoms with Gasteiger partial charge in [0.2, 0.25) is 0 Å². The molecule has 0 unspecified atom stereocenters. The number of para-hydroxylation sites is 2. The van der Waals surface area contributed by atoms with E-state index in [-0.39, 0.29) is 24.1 Å². The molecule has 0 spiro atoms. The van der Waals surface area contributed by atoms with Gasteiger partial charge >= 0.3 is 0 Å². The van der Waals surface area contributed by atoms with Gasteiger partial charge in [0.25, 0.3) is 11.8 Å². The molecule has 6 heteroatoms. The van der Waals surface area contributed by atoms with E-state index >= 15 is 0 Å². The molecule has 25 heavy (non-hydrogen) atoms. The van der Waals surface area contributed by atoms with Gasteiger partial charge in [0, 0.05) is 17.8 Å². The minimum atomic E-state index is -0.334. The quantitative estimate of drug-likeness (QED) is 0.824. The zero-order valence-electron chi connectivity index (χ0n) is 13.9. The van der Waals surface area contributed by atoms with Gasteiger partial charge in [0.15, 0.2) is 12.3 Å². The third-order valence-corrected chi connectivity index (χ3v) is 3.75. The summed E-state index contributed by atoms with van der Waals surface area (Å²) < 4.78 is 0. The fraction of sp³-hybridized carbons (Fsp3) is 0.211. The number of carbonyl (C=O) groups is 2. The molecule has 128 valence electrons. The fourth-order valence-electron chi connectivity index (χ4n) is 2.67. The van der Waals surface area contributed by atoms with E-state index in [4.69, 9.17) is 4.84 Å². The number of nitrogens with one attached hydrogen (secondary N) is 1. The molecule has 2 amide bonds. The van der Waals surface area contributed by atoms with E-state index in [1.165, 1.54) is 0 Å². The van der Waals surface area contributed by atoms with E-state index in [1.54, 1.807) is 17.0 Å². The van der Waals surface area contributed by atoms with Crippen molar-refractivity contribution < 1.29 is 14.4 Å². The van der Waals surface area contributed by atoms with Crippen LogP contribution in [0.1, 0.15) is 18.9 Å². The summed E-state index contributed by atoms with van der Waals surface area (Å²) in [6, 6.07) is 16.5. The van der Waals surface area contributed by atoms with Crippen LogP contribution in [0.4, 0.5) is 11.4 Å². The van der Waals surface area contributed by atoms with E-state index < -0.39 is 0 Å². The van der Waals surface area contributed by atoms with Gasteiger partial charge in [-0.1, -0.05) is 48.5 Å². The van der Waals surface area contributed by atoms with Crippen molar-refractivity contribution in [2.75, 3.05) is 23.4 Å². The topological polar surface area (TPSA) is 71.0 Å². The van der Waals surface area contributed by atoms with Crippen molar-refractivity contribution in [3.05, 3.63) is 60.2 Å². The second kappa shape index (κ2) is 7.61. The maximum atomic E-state index is 12.5. The Balaban J connectivity index is 1.67. The van der Waals surface area contributed by atoms with Gasteiger partial charge in [-0.15, -0.1) is 0 Å². The molecule has 0 aliphatic carbocycles. The molecule has 0 radical (unpaired) electrons. The third kappa shape index (κ3) is 3.68. The van der Waals surface area contributed by atoms with Crippen molar-refractivity contribution in [3.8, 4) is 0 Å². The van der Waals surface area contributed by atoms with Gasteiger partial charge < -0.3 is 15.1 Å². The highest BCUT2D eigenvalue weighted by atomic mass is 16.6. The number of carbonyl (C=O) groups excluding carboxylic acids is 2. The first-order valence-electron chi connectivity index (χ1n) is 8.17. The summed E-state index contributed by atoms with van der Waals surface area (Å²) in [5.41, 5.74) is 2.46. The molecule has 0 saturated carbocycles. The highest BCUT2D eigenvalue weighted by Gasteiger charge is 2.33. The number of hydrogen-bond donors (Lipinski definition) is 1. The van der Waals surface area contributed by atoms with Crippen molar-refractivity contribution >= 4 is 28.9 Å². The number of fused-ring (bicyclic) bond motifs is 1. The maximum absolute atomic E-state index is 12.5. The first-order valence-corrected chi connectivity index (χ1v) is 8.17. The van der Waals surface area contributed by atoms with Crippen molar-refractivity contribution in [1.29, 1.82) is 0 Å². The molecule has 1 aliphatic heterocycles. The predicted molar refractivity (Wildman–Crippen MR) is 96.6 cm³/mol. The summed E-state index contributed by atoms with van der Waals surface area (Å²) in [6.45, 7) is 2.36. The lowest BCUT2D eigenvalue weighted by atomic mass is 10.1.